The Balaban J connectivity index is 2.29. The highest BCUT2D eigenvalue weighted by atomic mass is 16.2. The number of carbonyl (C=O) groups excluding carboxylic acids is 1. The van der Waals surface area contributed by atoms with Crippen LogP contribution in [0.2, 0.25) is 0 Å². The first-order valence-electron chi connectivity index (χ1n) is 5.04. The van der Waals surface area contributed by atoms with Crippen LogP contribution in [0.1, 0.15) is 26.2 Å². The molecule has 2 amide bonds. The van der Waals surface area contributed by atoms with E-state index < -0.39 is 0 Å². The van der Waals surface area contributed by atoms with E-state index in [0.29, 0.717) is 19.1 Å². The van der Waals surface area contributed by atoms with Gasteiger partial charge in [-0.05, 0) is 19.3 Å². The van der Waals surface area contributed by atoms with Gasteiger partial charge in [0.2, 0.25) is 0 Å². The molecule has 0 heterocycles. The molecule has 1 fully saturated rings. The fourth-order valence-corrected chi connectivity index (χ4v) is 1.31. The second-order valence-electron chi connectivity index (χ2n) is 3.45. The highest BCUT2D eigenvalue weighted by molar-refractivity contribution is 5.74. The Morgan fingerprint density at radius 1 is 1.62 bits per heavy atom. The van der Waals surface area contributed by atoms with Gasteiger partial charge in [0.15, 0.2) is 0 Å². The molecule has 0 aromatic rings. The Bertz CT molecular complexity index is 168. The smallest absolute Gasteiger partial charge is 0.317 e. The zero-order valence-corrected chi connectivity index (χ0v) is 8.25. The van der Waals surface area contributed by atoms with Gasteiger partial charge >= 0.3 is 6.03 Å². The van der Waals surface area contributed by atoms with Crippen molar-refractivity contribution in [2.75, 3.05) is 19.6 Å². The first-order chi connectivity index (χ1) is 6.29. The minimum absolute atomic E-state index is 0.0507. The minimum Gasteiger partial charge on any atom is -0.338 e. The molecule has 1 rings (SSSR count). The first kappa shape index (κ1) is 10.3. The standard InChI is InChI=1S/C9H19N3O/c1-2-6-11-9(13)12(7-5-10)8-3-4-8/h8H,2-7,10H2,1H3,(H,11,13). The Morgan fingerprint density at radius 2 is 2.31 bits per heavy atom. The highest BCUT2D eigenvalue weighted by Gasteiger charge is 2.31. The van der Waals surface area contributed by atoms with Crippen LogP contribution in [0.15, 0.2) is 0 Å². The van der Waals surface area contributed by atoms with Crippen molar-refractivity contribution in [1.29, 1.82) is 0 Å². The molecule has 13 heavy (non-hydrogen) atoms. The topological polar surface area (TPSA) is 58.4 Å². The molecule has 0 aromatic carbocycles. The Labute approximate surface area is 79.5 Å². The van der Waals surface area contributed by atoms with Crippen LogP contribution in [0.3, 0.4) is 0 Å². The molecule has 0 spiro atoms. The summed E-state index contributed by atoms with van der Waals surface area (Å²) in [6.07, 6.45) is 3.26. The maximum Gasteiger partial charge on any atom is 0.317 e. The van der Waals surface area contributed by atoms with Crippen LogP contribution in [0, 0.1) is 0 Å². The molecule has 0 bridgehead atoms. The number of amides is 2. The summed E-state index contributed by atoms with van der Waals surface area (Å²) in [7, 11) is 0. The zero-order valence-electron chi connectivity index (χ0n) is 8.25. The van der Waals surface area contributed by atoms with E-state index in [9.17, 15) is 4.79 Å². The van der Waals surface area contributed by atoms with Crippen molar-refractivity contribution in [2.24, 2.45) is 5.73 Å². The molecule has 0 atom stereocenters. The first-order valence-corrected chi connectivity index (χ1v) is 5.04. The fourth-order valence-electron chi connectivity index (χ4n) is 1.31. The van der Waals surface area contributed by atoms with Crippen LogP contribution in [0.5, 0.6) is 0 Å². The molecule has 1 aliphatic carbocycles. The van der Waals surface area contributed by atoms with Gasteiger partial charge in [-0.1, -0.05) is 6.92 Å². The second-order valence-corrected chi connectivity index (χ2v) is 3.45. The third-order valence-electron chi connectivity index (χ3n) is 2.14. The molecule has 0 unspecified atom stereocenters. The Morgan fingerprint density at radius 3 is 2.77 bits per heavy atom. The molecule has 1 saturated carbocycles. The van der Waals surface area contributed by atoms with E-state index in [1.54, 1.807) is 0 Å². The molecule has 4 nitrogen and oxygen atoms in total. The zero-order chi connectivity index (χ0) is 9.68. The predicted molar refractivity (Wildman–Crippen MR) is 52.5 cm³/mol. The van der Waals surface area contributed by atoms with Crippen molar-refractivity contribution >= 4 is 6.03 Å². The largest absolute Gasteiger partial charge is 0.338 e. The van der Waals surface area contributed by atoms with E-state index in [2.05, 4.69) is 5.32 Å². The maximum absolute atomic E-state index is 11.5. The summed E-state index contributed by atoms with van der Waals surface area (Å²) in [4.78, 5) is 13.4. The summed E-state index contributed by atoms with van der Waals surface area (Å²) in [6, 6.07) is 0.509. The number of hydrogen-bond acceptors (Lipinski definition) is 2. The lowest BCUT2D eigenvalue weighted by molar-refractivity contribution is 0.196. The summed E-state index contributed by atoms with van der Waals surface area (Å²) < 4.78 is 0. The Kier molecular flexibility index (Phi) is 4.02. The number of urea groups is 1. The van der Waals surface area contributed by atoms with Crippen LogP contribution in [0.25, 0.3) is 0 Å². The van der Waals surface area contributed by atoms with E-state index >= 15 is 0 Å². The van der Waals surface area contributed by atoms with Crippen molar-refractivity contribution < 1.29 is 4.79 Å². The third-order valence-corrected chi connectivity index (χ3v) is 2.14. The number of nitrogens with zero attached hydrogens (tertiary/aromatic N) is 1. The van der Waals surface area contributed by atoms with Crippen molar-refractivity contribution in [3.63, 3.8) is 0 Å². The van der Waals surface area contributed by atoms with Gasteiger partial charge in [-0.3, -0.25) is 0 Å². The normalized spacial score (nSPS) is 15.5. The molecule has 0 aliphatic heterocycles. The van der Waals surface area contributed by atoms with Crippen LogP contribution in [-0.2, 0) is 0 Å². The van der Waals surface area contributed by atoms with Gasteiger partial charge in [0.25, 0.3) is 0 Å². The molecule has 1 aliphatic rings. The monoisotopic (exact) mass is 185 g/mol. The van der Waals surface area contributed by atoms with E-state index in [1.165, 1.54) is 0 Å². The highest BCUT2D eigenvalue weighted by Crippen LogP contribution is 2.26. The van der Waals surface area contributed by atoms with Gasteiger partial charge in [0, 0.05) is 25.7 Å². The van der Waals surface area contributed by atoms with Crippen LogP contribution in [0.4, 0.5) is 4.79 Å². The lowest BCUT2D eigenvalue weighted by Gasteiger charge is -2.21. The molecular formula is C9H19N3O. The van der Waals surface area contributed by atoms with E-state index in [1.807, 2.05) is 11.8 Å². The third kappa shape index (κ3) is 3.22. The molecule has 3 N–H and O–H groups in total. The van der Waals surface area contributed by atoms with Crippen molar-refractivity contribution in [2.45, 2.75) is 32.2 Å². The average molecular weight is 185 g/mol. The Hall–Kier alpha value is -0.770. The van der Waals surface area contributed by atoms with Gasteiger partial charge in [-0.25, -0.2) is 4.79 Å². The number of rotatable bonds is 5. The minimum atomic E-state index is 0.0507. The van der Waals surface area contributed by atoms with Crippen LogP contribution >= 0.6 is 0 Å². The van der Waals surface area contributed by atoms with E-state index in [-0.39, 0.29) is 6.03 Å². The lowest BCUT2D eigenvalue weighted by Crippen LogP contribution is -2.44. The van der Waals surface area contributed by atoms with Gasteiger partial charge in [0.05, 0.1) is 0 Å². The summed E-state index contributed by atoms with van der Waals surface area (Å²) in [5, 5.41) is 2.87. The number of carbonyl (C=O) groups is 1. The summed E-state index contributed by atoms with van der Waals surface area (Å²) >= 11 is 0. The van der Waals surface area contributed by atoms with E-state index in [4.69, 9.17) is 5.73 Å². The van der Waals surface area contributed by atoms with Gasteiger partial charge in [-0.15, -0.1) is 0 Å². The summed E-state index contributed by atoms with van der Waals surface area (Å²) in [6.45, 7) is 4.04. The maximum atomic E-state index is 11.5. The van der Waals surface area contributed by atoms with Crippen molar-refractivity contribution in [3.8, 4) is 0 Å². The predicted octanol–water partition coefficient (Wildman–Crippen LogP) is 0.529. The SMILES string of the molecule is CCCNC(=O)N(CCN)C1CC1. The molecule has 0 radical (unpaired) electrons. The molecule has 0 saturated heterocycles. The second kappa shape index (κ2) is 5.07. The van der Waals surface area contributed by atoms with Crippen molar-refractivity contribution in [1.82, 2.24) is 10.2 Å². The van der Waals surface area contributed by atoms with Crippen LogP contribution in [-0.4, -0.2) is 36.6 Å². The van der Waals surface area contributed by atoms with Gasteiger partial charge in [0.1, 0.15) is 0 Å². The van der Waals surface area contributed by atoms with Gasteiger partial charge < -0.3 is 16.0 Å². The number of nitrogens with two attached hydrogens (primary N) is 1. The molecule has 4 heteroatoms. The molecule has 0 aromatic heterocycles. The molecule has 76 valence electrons. The quantitative estimate of drug-likeness (QED) is 0.656. The lowest BCUT2D eigenvalue weighted by atomic mass is 10.4. The fraction of sp³-hybridized carbons (Fsp3) is 0.889. The van der Waals surface area contributed by atoms with Gasteiger partial charge in [-0.2, -0.15) is 0 Å². The van der Waals surface area contributed by atoms with Crippen molar-refractivity contribution in [3.05, 3.63) is 0 Å². The number of hydrogen-bond donors (Lipinski definition) is 2. The average Bonchev–Trinajstić information content (AvgIpc) is 2.93. The summed E-state index contributed by atoms with van der Waals surface area (Å²) in [5.74, 6) is 0. The molecular weight excluding hydrogens is 166 g/mol. The van der Waals surface area contributed by atoms with Crippen LogP contribution < -0.4 is 11.1 Å². The summed E-state index contributed by atoms with van der Waals surface area (Å²) in [5.41, 5.74) is 5.44. The van der Waals surface area contributed by atoms with E-state index in [0.717, 1.165) is 25.8 Å². The number of nitrogens with one attached hydrogen (secondary N) is 1.